The van der Waals surface area contributed by atoms with Gasteiger partial charge in [-0.05, 0) is 43.4 Å². The fourth-order valence-corrected chi connectivity index (χ4v) is 5.95. The van der Waals surface area contributed by atoms with Gasteiger partial charge < -0.3 is 15.4 Å². The summed E-state index contributed by atoms with van der Waals surface area (Å²) in [5, 5.41) is 5.73. The van der Waals surface area contributed by atoms with Crippen molar-refractivity contribution >= 4 is 51.6 Å². The number of thioether (sulfide) groups is 1. The van der Waals surface area contributed by atoms with E-state index in [9.17, 15) is 14.4 Å². The molecular formula is C20H20N2O4S2. The molecule has 1 aliphatic heterocycles. The van der Waals surface area contributed by atoms with Crippen molar-refractivity contribution in [3.8, 4) is 0 Å². The van der Waals surface area contributed by atoms with Crippen molar-refractivity contribution in [1.82, 2.24) is 0 Å². The van der Waals surface area contributed by atoms with Gasteiger partial charge in [-0.2, -0.15) is 0 Å². The first-order valence-corrected chi connectivity index (χ1v) is 10.9. The number of nitrogens with one attached hydrogen (secondary N) is 2. The summed E-state index contributed by atoms with van der Waals surface area (Å²) in [5.41, 5.74) is 2.24. The molecule has 1 aromatic carbocycles. The topological polar surface area (TPSA) is 84.5 Å². The van der Waals surface area contributed by atoms with Crippen molar-refractivity contribution in [2.24, 2.45) is 0 Å². The van der Waals surface area contributed by atoms with Crippen molar-refractivity contribution in [2.75, 3.05) is 17.7 Å². The quantitative estimate of drug-likeness (QED) is 0.740. The number of rotatable bonds is 4. The van der Waals surface area contributed by atoms with Gasteiger partial charge >= 0.3 is 5.97 Å². The Labute approximate surface area is 171 Å². The first kappa shape index (κ1) is 19.0. The van der Waals surface area contributed by atoms with E-state index in [2.05, 4.69) is 10.6 Å². The standard InChI is InChI=1S/C20H20N2O4S2/c1-26-20(25)17-11-6-2-4-8-13(11)28-19(17)22-16(23)10-15-18(24)21-12-7-3-5-9-14(12)27-15/h3,5,7,9,15H,2,4,6,8,10H2,1H3,(H,21,24)(H,22,23)/t15-/m1/s1. The van der Waals surface area contributed by atoms with Crippen LogP contribution in [0.2, 0.25) is 0 Å². The number of carbonyl (C=O) groups excluding carboxylic acids is 3. The van der Waals surface area contributed by atoms with Crippen LogP contribution in [0.3, 0.4) is 0 Å². The number of para-hydroxylation sites is 1. The van der Waals surface area contributed by atoms with Crippen LogP contribution in [-0.2, 0) is 27.2 Å². The highest BCUT2D eigenvalue weighted by atomic mass is 32.2. The lowest BCUT2D eigenvalue weighted by Gasteiger charge is -2.23. The summed E-state index contributed by atoms with van der Waals surface area (Å²) in [6.07, 6.45) is 3.88. The molecule has 0 unspecified atom stereocenters. The molecule has 8 heteroatoms. The Kier molecular flexibility index (Phi) is 5.41. The summed E-state index contributed by atoms with van der Waals surface area (Å²) < 4.78 is 4.94. The van der Waals surface area contributed by atoms with Gasteiger partial charge in [-0.1, -0.05) is 12.1 Å². The van der Waals surface area contributed by atoms with Crippen LogP contribution in [0, 0.1) is 0 Å². The van der Waals surface area contributed by atoms with Crippen LogP contribution in [0.4, 0.5) is 10.7 Å². The lowest BCUT2D eigenvalue weighted by atomic mass is 9.95. The highest BCUT2D eigenvalue weighted by Gasteiger charge is 2.31. The van der Waals surface area contributed by atoms with E-state index in [4.69, 9.17) is 4.74 Å². The molecule has 0 radical (unpaired) electrons. The van der Waals surface area contributed by atoms with Crippen molar-refractivity contribution in [3.63, 3.8) is 0 Å². The highest BCUT2D eigenvalue weighted by Crippen LogP contribution is 2.40. The molecule has 0 fully saturated rings. The summed E-state index contributed by atoms with van der Waals surface area (Å²) in [4.78, 5) is 39.4. The van der Waals surface area contributed by atoms with Crippen LogP contribution in [0.15, 0.2) is 29.2 Å². The second kappa shape index (κ2) is 7.97. The lowest BCUT2D eigenvalue weighted by Crippen LogP contribution is -2.32. The Balaban J connectivity index is 1.51. The van der Waals surface area contributed by atoms with E-state index in [0.717, 1.165) is 46.7 Å². The predicted molar refractivity (Wildman–Crippen MR) is 110 cm³/mol. The third-order valence-corrected chi connectivity index (χ3v) is 7.37. The molecule has 146 valence electrons. The first-order chi connectivity index (χ1) is 13.6. The lowest BCUT2D eigenvalue weighted by molar-refractivity contribution is -0.120. The number of methoxy groups -OCH3 is 1. The second-order valence-electron chi connectivity index (χ2n) is 6.75. The molecule has 28 heavy (non-hydrogen) atoms. The summed E-state index contributed by atoms with van der Waals surface area (Å²) in [5.74, 6) is -0.887. The minimum atomic E-state index is -0.508. The van der Waals surface area contributed by atoms with Crippen molar-refractivity contribution in [1.29, 1.82) is 0 Å². The Morgan fingerprint density at radius 3 is 2.86 bits per heavy atom. The van der Waals surface area contributed by atoms with Crippen molar-refractivity contribution in [2.45, 2.75) is 42.2 Å². The van der Waals surface area contributed by atoms with E-state index in [1.54, 1.807) is 0 Å². The predicted octanol–water partition coefficient (Wildman–Crippen LogP) is 3.86. The van der Waals surface area contributed by atoms with E-state index in [-0.39, 0.29) is 18.2 Å². The number of hydrogen-bond donors (Lipinski definition) is 2. The van der Waals surface area contributed by atoms with E-state index in [0.29, 0.717) is 10.6 Å². The molecule has 1 atom stereocenters. The zero-order chi connectivity index (χ0) is 19.7. The van der Waals surface area contributed by atoms with Gasteiger partial charge in [-0.15, -0.1) is 23.1 Å². The molecule has 2 N–H and O–H groups in total. The van der Waals surface area contributed by atoms with Crippen LogP contribution in [-0.4, -0.2) is 30.1 Å². The van der Waals surface area contributed by atoms with Crippen LogP contribution in [0.25, 0.3) is 0 Å². The maximum absolute atomic E-state index is 12.7. The number of carbonyl (C=O) groups is 3. The van der Waals surface area contributed by atoms with Crippen molar-refractivity contribution < 1.29 is 19.1 Å². The Morgan fingerprint density at radius 1 is 1.25 bits per heavy atom. The molecular weight excluding hydrogens is 396 g/mol. The maximum Gasteiger partial charge on any atom is 0.341 e. The Bertz CT molecular complexity index is 954. The SMILES string of the molecule is COC(=O)c1c(NC(=O)C[C@H]2Sc3ccccc3NC2=O)sc2c1CCCC2. The number of benzene rings is 1. The van der Waals surface area contributed by atoms with E-state index < -0.39 is 11.2 Å². The Hall–Kier alpha value is -2.32. The molecule has 4 rings (SSSR count). The van der Waals surface area contributed by atoms with Gasteiger partial charge in [0.15, 0.2) is 0 Å². The third kappa shape index (κ3) is 3.66. The molecule has 1 aliphatic carbocycles. The average molecular weight is 417 g/mol. The van der Waals surface area contributed by atoms with Crippen LogP contribution in [0.5, 0.6) is 0 Å². The van der Waals surface area contributed by atoms with Gasteiger partial charge in [0, 0.05) is 16.2 Å². The third-order valence-electron chi connectivity index (χ3n) is 4.89. The number of aryl methyl sites for hydroxylation is 1. The molecule has 0 bridgehead atoms. The number of esters is 1. The molecule has 2 aromatic rings. The fourth-order valence-electron chi connectivity index (χ4n) is 3.55. The number of anilines is 2. The number of fused-ring (bicyclic) bond motifs is 2. The molecule has 2 amide bonds. The van der Waals surface area contributed by atoms with E-state index >= 15 is 0 Å². The number of thiophene rings is 1. The van der Waals surface area contributed by atoms with Crippen LogP contribution >= 0.6 is 23.1 Å². The van der Waals surface area contributed by atoms with Crippen LogP contribution < -0.4 is 10.6 Å². The summed E-state index contributed by atoms with van der Waals surface area (Å²) in [6, 6.07) is 7.53. The maximum atomic E-state index is 12.7. The summed E-state index contributed by atoms with van der Waals surface area (Å²) in [6.45, 7) is 0. The molecule has 1 aromatic heterocycles. The second-order valence-corrected chi connectivity index (χ2v) is 9.10. The zero-order valence-corrected chi connectivity index (χ0v) is 17.0. The van der Waals surface area contributed by atoms with E-state index in [1.807, 2.05) is 24.3 Å². The molecule has 6 nitrogen and oxygen atoms in total. The van der Waals surface area contributed by atoms with Gasteiger partial charge in [0.1, 0.15) is 5.00 Å². The zero-order valence-electron chi connectivity index (χ0n) is 15.4. The molecule has 2 heterocycles. The highest BCUT2D eigenvalue weighted by molar-refractivity contribution is 8.01. The number of amides is 2. The summed E-state index contributed by atoms with van der Waals surface area (Å²) >= 11 is 2.83. The molecule has 2 aliphatic rings. The van der Waals surface area contributed by atoms with E-state index in [1.165, 1.54) is 30.2 Å². The largest absolute Gasteiger partial charge is 0.465 e. The minimum Gasteiger partial charge on any atom is -0.465 e. The average Bonchev–Trinajstić information content (AvgIpc) is 3.05. The van der Waals surface area contributed by atoms with Crippen LogP contribution in [0.1, 0.15) is 40.1 Å². The molecule has 0 saturated carbocycles. The summed E-state index contributed by atoms with van der Waals surface area (Å²) in [7, 11) is 1.35. The first-order valence-electron chi connectivity index (χ1n) is 9.16. The van der Waals surface area contributed by atoms with Gasteiger partial charge in [-0.3, -0.25) is 9.59 Å². The number of hydrogen-bond acceptors (Lipinski definition) is 6. The smallest absolute Gasteiger partial charge is 0.341 e. The fraction of sp³-hybridized carbons (Fsp3) is 0.350. The number of ether oxygens (including phenoxy) is 1. The molecule has 0 saturated heterocycles. The van der Waals surface area contributed by atoms with Crippen molar-refractivity contribution in [3.05, 3.63) is 40.3 Å². The van der Waals surface area contributed by atoms with Gasteiger partial charge in [-0.25, -0.2) is 4.79 Å². The minimum absolute atomic E-state index is 0.0357. The normalized spacial score (nSPS) is 17.9. The van der Waals surface area contributed by atoms with Gasteiger partial charge in [0.2, 0.25) is 11.8 Å². The monoisotopic (exact) mass is 416 g/mol. The Morgan fingerprint density at radius 2 is 2.04 bits per heavy atom. The van der Waals surface area contributed by atoms with Gasteiger partial charge in [0.05, 0.1) is 23.6 Å². The molecule has 0 spiro atoms. The van der Waals surface area contributed by atoms with Gasteiger partial charge in [0.25, 0.3) is 0 Å².